The number of rotatable bonds is 11. The molecule has 7 heteroatoms. The SMILES string of the molecule is CCCN(CC)CCCN(CC)C(=O)c1c(C)[nH]c(/C=C2\C(=O)Nc3cccc(C4CCNCC4)c32)c1C. The van der Waals surface area contributed by atoms with E-state index in [0.29, 0.717) is 18.0 Å². The molecule has 1 aromatic carbocycles. The van der Waals surface area contributed by atoms with Gasteiger partial charge in [0.05, 0.1) is 11.1 Å². The van der Waals surface area contributed by atoms with Crippen LogP contribution in [0.25, 0.3) is 11.6 Å². The molecule has 7 nitrogen and oxygen atoms in total. The molecule has 0 bridgehead atoms. The normalized spacial score (nSPS) is 16.8. The molecule has 0 saturated carbocycles. The van der Waals surface area contributed by atoms with Crippen molar-refractivity contribution < 1.29 is 9.59 Å². The predicted molar refractivity (Wildman–Crippen MR) is 157 cm³/mol. The summed E-state index contributed by atoms with van der Waals surface area (Å²) in [6.45, 7) is 16.9. The summed E-state index contributed by atoms with van der Waals surface area (Å²) in [6, 6.07) is 6.20. The lowest BCUT2D eigenvalue weighted by molar-refractivity contribution is -0.110. The van der Waals surface area contributed by atoms with E-state index in [9.17, 15) is 9.59 Å². The van der Waals surface area contributed by atoms with Gasteiger partial charge in [-0.2, -0.15) is 0 Å². The maximum Gasteiger partial charge on any atom is 0.256 e. The first kappa shape index (κ1) is 28.1. The van der Waals surface area contributed by atoms with Crippen LogP contribution in [0.4, 0.5) is 5.69 Å². The average Bonchev–Trinajstić information content (AvgIpc) is 3.40. The van der Waals surface area contributed by atoms with E-state index in [1.54, 1.807) is 0 Å². The molecule has 0 spiro atoms. The molecule has 3 N–H and O–H groups in total. The molecule has 1 fully saturated rings. The van der Waals surface area contributed by atoms with Gasteiger partial charge in [0.1, 0.15) is 0 Å². The topological polar surface area (TPSA) is 80.5 Å². The van der Waals surface area contributed by atoms with Crippen LogP contribution in [0.3, 0.4) is 0 Å². The minimum absolute atomic E-state index is 0.0635. The van der Waals surface area contributed by atoms with Crippen LogP contribution in [0.2, 0.25) is 0 Å². The third-order valence-electron chi connectivity index (χ3n) is 8.17. The number of piperidine rings is 1. The Labute approximate surface area is 228 Å². The van der Waals surface area contributed by atoms with Crippen molar-refractivity contribution in [2.75, 3.05) is 51.1 Å². The average molecular weight is 520 g/mol. The highest BCUT2D eigenvalue weighted by Gasteiger charge is 2.31. The second-order valence-corrected chi connectivity index (χ2v) is 10.6. The maximum atomic E-state index is 13.6. The summed E-state index contributed by atoms with van der Waals surface area (Å²) in [6.07, 6.45) is 6.19. The number of hydrogen-bond donors (Lipinski definition) is 3. The van der Waals surface area contributed by atoms with Gasteiger partial charge in [-0.15, -0.1) is 0 Å². The fourth-order valence-electron chi connectivity index (χ4n) is 6.06. The lowest BCUT2D eigenvalue weighted by atomic mass is 9.85. The summed E-state index contributed by atoms with van der Waals surface area (Å²) in [4.78, 5) is 34.6. The van der Waals surface area contributed by atoms with E-state index in [4.69, 9.17) is 0 Å². The van der Waals surface area contributed by atoms with Crippen LogP contribution >= 0.6 is 0 Å². The number of aromatic nitrogens is 1. The number of nitrogens with zero attached hydrogens (tertiary/aromatic N) is 2. The van der Waals surface area contributed by atoms with E-state index in [1.165, 1.54) is 5.56 Å². The predicted octanol–water partition coefficient (Wildman–Crippen LogP) is 5.18. The van der Waals surface area contributed by atoms with Gasteiger partial charge in [-0.1, -0.05) is 26.0 Å². The van der Waals surface area contributed by atoms with Crippen molar-refractivity contribution in [3.63, 3.8) is 0 Å². The molecule has 0 aliphatic carbocycles. The van der Waals surface area contributed by atoms with Gasteiger partial charge in [-0.25, -0.2) is 0 Å². The third-order valence-corrected chi connectivity index (χ3v) is 8.17. The molecule has 3 heterocycles. The monoisotopic (exact) mass is 519 g/mol. The van der Waals surface area contributed by atoms with Crippen LogP contribution in [0.5, 0.6) is 0 Å². The first-order valence-corrected chi connectivity index (χ1v) is 14.5. The number of nitrogens with one attached hydrogen (secondary N) is 3. The van der Waals surface area contributed by atoms with Crippen LogP contribution in [-0.2, 0) is 4.79 Å². The number of amides is 2. The number of aryl methyl sites for hydroxylation is 1. The van der Waals surface area contributed by atoms with E-state index < -0.39 is 0 Å². The Hall–Kier alpha value is -2.90. The quantitative estimate of drug-likeness (QED) is 0.358. The molecule has 0 atom stereocenters. The van der Waals surface area contributed by atoms with Gasteiger partial charge >= 0.3 is 0 Å². The molecule has 38 heavy (non-hydrogen) atoms. The summed E-state index contributed by atoms with van der Waals surface area (Å²) in [5.74, 6) is 0.419. The van der Waals surface area contributed by atoms with E-state index >= 15 is 0 Å². The number of anilines is 1. The molecule has 206 valence electrons. The number of fused-ring (bicyclic) bond motifs is 1. The number of hydrogen-bond acceptors (Lipinski definition) is 4. The van der Waals surface area contributed by atoms with Crippen molar-refractivity contribution in [1.29, 1.82) is 0 Å². The Morgan fingerprint density at radius 2 is 1.82 bits per heavy atom. The number of H-pyrrole nitrogens is 1. The largest absolute Gasteiger partial charge is 0.358 e. The van der Waals surface area contributed by atoms with E-state index in [0.717, 1.165) is 98.7 Å². The summed E-state index contributed by atoms with van der Waals surface area (Å²) in [5, 5.41) is 6.51. The third kappa shape index (κ3) is 5.89. The zero-order valence-electron chi connectivity index (χ0n) is 23.9. The van der Waals surface area contributed by atoms with Crippen LogP contribution in [0.15, 0.2) is 18.2 Å². The van der Waals surface area contributed by atoms with Gasteiger partial charge < -0.3 is 25.4 Å². The molecular weight excluding hydrogens is 474 g/mol. The van der Waals surface area contributed by atoms with Crippen molar-refractivity contribution in [3.05, 3.63) is 51.8 Å². The molecule has 1 saturated heterocycles. The van der Waals surface area contributed by atoms with Gasteiger partial charge in [-0.3, -0.25) is 9.59 Å². The van der Waals surface area contributed by atoms with Crippen molar-refractivity contribution in [2.24, 2.45) is 0 Å². The number of benzene rings is 1. The lowest BCUT2D eigenvalue weighted by Gasteiger charge is -2.25. The summed E-state index contributed by atoms with van der Waals surface area (Å²) >= 11 is 0. The fourth-order valence-corrected chi connectivity index (χ4v) is 6.06. The second kappa shape index (κ2) is 12.8. The molecule has 2 amide bonds. The highest BCUT2D eigenvalue weighted by atomic mass is 16.2. The minimum Gasteiger partial charge on any atom is -0.358 e. The maximum absolute atomic E-state index is 13.6. The Kier molecular flexibility index (Phi) is 9.44. The smallest absolute Gasteiger partial charge is 0.256 e. The Balaban J connectivity index is 1.59. The minimum atomic E-state index is -0.0799. The highest BCUT2D eigenvalue weighted by Crippen LogP contribution is 2.41. The molecule has 4 rings (SSSR count). The van der Waals surface area contributed by atoms with E-state index in [1.807, 2.05) is 43.9 Å². The van der Waals surface area contributed by atoms with Crippen molar-refractivity contribution in [2.45, 2.75) is 66.2 Å². The lowest BCUT2D eigenvalue weighted by Crippen LogP contribution is -2.35. The first-order valence-electron chi connectivity index (χ1n) is 14.5. The van der Waals surface area contributed by atoms with Gasteiger partial charge in [0.15, 0.2) is 0 Å². The molecule has 2 aliphatic rings. The Morgan fingerprint density at radius 1 is 1.05 bits per heavy atom. The first-order chi connectivity index (χ1) is 18.4. The zero-order chi connectivity index (χ0) is 27.2. The Bertz CT molecular complexity index is 1180. The van der Waals surface area contributed by atoms with Gasteiger partial charge in [-0.05, 0) is 108 Å². The van der Waals surface area contributed by atoms with Crippen LogP contribution in [-0.4, -0.2) is 72.4 Å². The van der Waals surface area contributed by atoms with Crippen molar-refractivity contribution in [3.8, 4) is 0 Å². The van der Waals surface area contributed by atoms with Crippen LogP contribution in [0, 0.1) is 13.8 Å². The van der Waals surface area contributed by atoms with Crippen molar-refractivity contribution >= 4 is 29.2 Å². The molecule has 0 radical (unpaired) electrons. The molecule has 2 aliphatic heterocycles. The van der Waals surface area contributed by atoms with E-state index in [2.05, 4.69) is 40.4 Å². The fraction of sp³-hybridized carbons (Fsp3) is 0.548. The molecule has 2 aromatic rings. The van der Waals surface area contributed by atoms with E-state index in [-0.39, 0.29) is 11.8 Å². The highest BCUT2D eigenvalue weighted by molar-refractivity contribution is 6.35. The molecule has 1 aromatic heterocycles. The summed E-state index contributed by atoms with van der Waals surface area (Å²) in [7, 11) is 0. The Morgan fingerprint density at radius 3 is 2.50 bits per heavy atom. The van der Waals surface area contributed by atoms with Crippen LogP contribution in [0.1, 0.15) is 90.8 Å². The van der Waals surface area contributed by atoms with Crippen LogP contribution < -0.4 is 10.6 Å². The summed E-state index contributed by atoms with van der Waals surface area (Å²) < 4.78 is 0. The van der Waals surface area contributed by atoms with Gasteiger partial charge in [0.25, 0.3) is 11.8 Å². The number of carbonyl (C=O) groups excluding carboxylic acids is 2. The zero-order valence-corrected chi connectivity index (χ0v) is 23.9. The summed E-state index contributed by atoms with van der Waals surface area (Å²) in [5.41, 5.74) is 7.14. The van der Waals surface area contributed by atoms with Crippen molar-refractivity contribution in [1.82, 2.24) is 20.1 Å². The van der Waals surface area contributed by atoms with Gasteiger partial charge in [0.2, 0.25) is 0 Å². The van der Waals surface area contributed by atoms with Gasteiger partial charge in [0, 0.05) is 35.7 Å². The molecule has 0 unspecified atom stereocenters. The standard InChI is InChI=1S/C31H45N5O2/c1-6-17-35(7-2)18-10-19-36(8-3)31(38)28-21(4)27(33-22(28)5)20-25-29-24(23-13-15-32-16-14-23)11-9-12-26(29)34-30(25)37/h9,11-12,20,23,32-33H,6-8,10,13-19H2,1-5H3,(H,34,37)/b25-20-. The number of aromatic amines is 1. The number of carbonyl (C=O) groups is 2. The second-order valence-electron chi connectivity index (χ2n) is 10.6. The molecular formula is C31H45N5O2.